The smallest absolute Gasteiger partial charge is 0.275 e. The second-order valence-electron chi connectivity index (χ2n) is 7.92. The number of nitrogens with zero attached hydrogens (tertiary/aromatic N) is 6. The number of rotatable bonds is 5. The van der Waals surface area contributed by atoms with Crippen LogP contribution in [0.3, 0.4) is 0 Å². The number of halogens is 3. The van der Waals surface area contributed by atoms with Crippen LogP contribution in [0.5, 0.6) is 0 Å². The van der Waals surface area contributed by atoms with Crippen LogP contribution in [0.15, 0.2) is 43.0 Å². The molecule has 1 unspecified atom stereocenters. The van der Waals surface area contributed by atoms with Gasteiger partial charge in [-0.1, -0.05) is 24.6 Å². The third-order valence-electron chi connectivity index (χ3n) is 5.40. The number of hydrogen-bond donors (Lipinski definition) is 1. The first-order valence-corrected chi connectivity index (χ1v) is 10.5. The zero-order valence-electron chi connectivity index (χ0n) is 17.5. The van der Waals surface area contributed by atoms with Crippen molar-refractivity contribution in [3.63, 3.8) is 0 Å². The van der Waals surface area contributed by atoms with Crippen LogP contribution in [-0.2, 0) is 7.05 Å². The predicted octanol–water partition coefficient (Wildman–Crippen LogP) is 3.52. The molecule has 8 nitrogen and oxygen atoms in total. The van der Waals surface area contributed by atoms with Crippen molar-refractivity contribution < 1.29 is 13.6 Å². The van der Waals surface area contributed by atoms with Crippen molar-refractivity contribution in [2.45, 2.75) is 25.3 Å². The molecule has 1 amide bonds. The Hall–Kier alpha value is -3.14. The fraction of sp³-hybridized carbons (Fsp3) is 0.381. The van der Waals surface area contributed by atoms with Crippen molar-refractivity contribution in [2.75, 3.05) is 18.4 Å². The number of carbonyl (C=O) groups excluding carboxylic acids is 1. The van der Waals surface area contributed by atoms with Gasteiger partial charge in [0.2, 0.25) is 5.95 Å². The first-order valence-electron chi connectivity index (χ1n) is 10.1. The van der Waals surface area contributed by atoms with Crippen molar-refractivity contribution in [3.05, 3.63) is 53.7 Å². The summed E-state index contributed by atoms with van der Waals surface area (Å²) in [5, 5.41) is 7.69. The largest absolute Gasteiger partial charge is 0.352 e. The van der Waals surface area contributed by atoms with E-state index in [4.69, 9.17) is 11.6 Å². The molecule has 0 spiro atoms. The van der Waals surface area contributed by atoms with Crippen molar-refractivity contribution >= 4 is 23.5 Å². The van der Waals surface area contributed by atoms with E-state index < -0.39 is 30.3 Å². The molecule has 1 saturated heterocycles. The van der Waals surface area contributed by atoms with Crippen LogP contribution in [0.1, 0.15) is 23.8 Å². The maximum absolute atomic E-state index is 14.5. The summed E-state index contributed by atoms with van der Waals surface area (Å²) < 4.78 is 30.5. The average molecular weight is 462 g/mol. The lowest BCUT2D eigenvalue weighted by Gasteiger charge is -2.43. The molecule has 4 heterocycles. The first-order chi connectivity index (χ1) is 15.2. The second kappa shape index (κ2) is 8.78. The highest BCUT2D eigenvalue weighted by Crippen LogP contribution is 2.36. The standard InChI is InChI=1S/C21H22ClF2N7O/c1-13-7-21(23,24)12-31(17(13)10-28-20-26-8-14(22)9-27-20)19(32)18-15(11-30(2)29-18)16-5-3-4-6-25-16/h3-6,8-9,11,13,17H,7,10,12H2,1-2H3,(H,26,27,28)/t13-,17?/m1/s1. The number of hydrogen-bond acceptors (Lipinski definition) is 6. The lowest BCUT2D eigenvalue weighted by Crippen LogP contribution is -2.57. The maximum atomic E-state index is 14.5. The minimum Gasteiger partial charge on any atom is -0.352 e. The molecule has 3 aromatic heterocycles. The third kappa shape index (κ3) is 4.69. The van der Waals surface area contributed by atoms with Crippen LogP contribution in [0.4, 0.5) is 14.7 Å². The molecule has 1 aliphatic rings. The zero-order chi connectivity index (χ0) is 22.9. The van der Waals surface area contributed by atoms with Crippen LogP contribution >= 0.6 is 11.6 Å². The summed E-state index contributed by atoms with van der Waals surface area (Å²) in [5.41, 5.74) is 1.13. The molecule has 3 aromatic rings. The van der Waals surface area contributed by atoms with Crippen LogP contribution in [-0.4, -0.2) is 60.6 Å². The van der Waals surface area contributed by atoms with Gasteiger partial charge in [0, 0.05) is 32.4 Å². The molecule has 0 bridgehead atoms. The van der Waals surface area contributed by atoms with Gasteiger partial charge in [-0.25, -0.2) is 18.7 Å². The predicted molar refractivity (Wildman–Crippen MR) is 116 cm³/mol. The Kier molecular flexibility index (Phi) is 6.05. The summed E-state index contributed by atoms with van der Waals surface area (Å²) in [6, 6.07) is 4.78. The van der Waals surface area contributed by atoms with E-state index >= 15 is 0 Å². The minimum absolute atomic E-state index is 0.0869. The molecule has 0 saturated carbocycles. The fourth-order valence-corrected chi connectivity index (χ4v) is 4.07. The minimum atomic E-state index is -3.00. The lowest BCUT2D eigenvalue weighted by atomic mass is 9.88. The number of pyridine rings is 1. The summed E-state index contributed by atoms with van der Waals surface area (Å²) in [5.74, 6) is -3.73. The Morgan fingerprint density at radius 2 is 2.03 bits per heavy atom. The molecule has 2 atom stereocenters. The molecular weight excluding hydrogens is 440 g/mol. The summed E-state index contributed by atoms with van der Waals surface area (Å²) in [4.78, 5) is 27.1. The van der Waals surface area contributed by atoms with E-state index in [0.717, 1.165) is 0 Å². The Morgan fingerprint density at radius 1 is 1.28 bits per heavy atom. The number of carbonyl (C=O) groups is 1. The first kappa shape index (κ1) is 22.1. The molecule has 1 fully saturated rings. The van der Waals surface area contributed by atoms with Gasteiger partial charge in [0.05, 0.1) is 41.3 Å². The van der Waals surface area contributed by atoms with Crippen LogP contribution in [0, 0.1) is 5.92 Å². The lowest BCUT2D eigenvalue weighted by molar-refractivity contribution is -0.0898. The average Bonchev–Trinajstić information content (AvgIpc) is 3.15. The van der Waals surface area contributed by atoms with Gasteiger partial charge in [0.1, 0.15) is 0 Å². The number of anilines is 1. The van der Waals surface area contributed by atoms with Crippen LogP contribution < -0.4 is 5.32 Å². The van der Waals surface area contributed by atoms with E-state index in [1.54, 1.807) is 44.6 Å². The van der Waals surface area contributed by atoms with Crippen molar-refractivity contribution in [1.82, 2.24) is 29.6 Å². The van der Waals surface area contributed by atoms with Crippen LogP contribution in [0.25, 0.3) is 11.3 Å². The fourth-order valence-electron chi connectivity index (χ4n) is 3.97. The van der Waals surface area contributed by atoms with E-state index in [1.807, 2.05) is 0 Å². The highest BCUT2D eigenvalue weighted by molar-refractivity contribution is 6.30. The van der Waals surface area contributed by atoms with E-state index in [-0.39, 0.29) is 18.7 Å². The molecule has 11 heteroatoms. The van der Waals surface area contributed by atoms with Gasteiger partial charge in [0.15, 0.2) is 5.69 Å². The van der Waals surface area contributed by atoms with Gasteiger partial charge in [0.25, 0.3) is 11.8 Å². The van der Waals surface area contributed by atoms with Gasteiger partial charge in [-0.15, -0.1) is 0 Å². The summed E-state index contributed by atoms with van der Waals surface area (Å²) >= 11 is 5.81. The second-order valence-corrected chi connectivity index (χ2v) is 8.36. The number of aryl methyl sites for hydroxylation is 1. The van der Waals surface area contributed by atoms with Gasteiger partial charge in [-0.2, -0.15) is 5.10 Å². The van der Waals surface area contributed by atoms with Crippen molar-refractivity contribution in [3.8, 4) is 11.3 Å². The molecule has 0 radical (unpaired) electrons. The van der Waals surface area contributed by atoms with Crippen molar-refractivity contribution in [1.29, 1.82) is 0 Å². The topological polar surface area (TPSA) is 88.8 Å². The summed E-state index contributed by atoms with van der Waals surface area (Å²) in [7, 11) is 1.67. The van der Waals surface area contributed by atoms with Crippen molar-refractivity contribution in [2.24, 2.45) is 13.0 Å². The van der Waals surface area contributed by atoms with Gasteiger partial charge < -0.3 is 10.2 Å². The van der Waals surface area contributed by atoms with E-state index in [0.29, 0.717) is 22.2 Å². The molecule has 0 aromatic carbocycles. The Balaban J connectivity index is 1.64. The van der Waals surface area contributed by atoms with Gasteiger partial charge in [-0.05, 0) is 18.1 Å². The normalized spacial score (nSPS) is 20.2. The van der Waals surface area contributed by atoms with E-state index in [2.05, 4.69) is 25.4 Å². The maximum Gasteiger partial charge on any atom is 0.275 e. The number of aromatic nitrogens is 5. The SMILES string of the molecule is C[C@@H]1CC(F)(F)CN(C(=O)c2nn(C)cc2-c2ccccn2)C1CNc1ncc(Cl)cn1. The summed E-state index contributed by atoms with van der Waals surface area (Å²) in [6.07, 6.45) is 5.82. The van der Waals surface area contributed by atoms with Crippen LogP contribution in [0.2, 0.25) is 5.02 Å². The molecule has 1 aliphatic heterocycles. The molecule has 0 aliphatic carbocycles. The van der Waals surface area contributed by atoms with Gasteiger partial charge >= 0.3 is 0 Å². The third-order valence-corrected chi connectivity index (χ3v) is 5.60. The number of piperidine rings is 1. The highest BCUT2D eigenvalue weighted by atomic mass is 35.5. The van der Waals surface area contributed by atoms with E-state index in [1.165, 1.54) is 22.0 Å². The number of likely N-dealkylation sites (tertiary alicyclic amines) is 1. The number of amides is 1. The number of nitrogens with one attached hydrogen (secondary N) is 1. The molecular formula is C21H22ClF2N7O. The zero-order valence-corrected chi connectivity index (χ0v) is 18.3. The number of alkyl halides is 2. The molecule has 168 valence electrons. The molecule has 32 heavy (non-hydrogen) atoms. The van der Waals surface area contributed by atoms with Gasteiger partial charge in [-0.3, -0.25) is 14.5 Å². The quantitative estimate of drug-likeness (QED) is 0.625. The highest BCUT2D eigenvalue weighted by Gasteiger charge is 2.46. The monoisotopic (exact) mass is 461 g/mol. The Bertz CT molecular complexity index is 1090. The molecule has 1 N–H and O–H groups in total. The molecule has 4 rings (SSSR count). The Morgan fingerprint density at radius 3 is 2.72 bits per heavy atom. The van der Waals surface area contributed by atoms with E-state index in [9.17, 15) is 13.6 Å². The Labute approximate surface area is 188 Å². The summed E-state index contributed by atoms with van der Waals surface area (Å²) in [6.45, 7) is 1.22.